The summed E-state index contributed by atoms with van der Waals surface area (Å²) in [4.78, 5) is 0. The molecule has 0 aliphatic rings. The Morgan fingerprint density at radius 1 is 1.00 bits per heavy atom. The third-order valence-electron chi connectivity index (χ3n) is 1.40. The second kappa shape index (κ2) is 3.04. The predicted octanol–water partition coefficient (Wildman–Crippen LogP) is 0.733. The Bertz CT molecular complexity index is 320. The van der Waals surface area contributed by atoms with E-state index in [0.717, 1.165) is 6.07 Å². The van der Waals surface area contributed by atoms with Crippen LogP contribution in [0.3, 0.4) is 0 Å². The van der Waals surface area contributed by atoms with Gasteiger partial charge in [-0.05, 0) is 18.3 Å². The van der Waals surface area contributed by atoms with Gasteiger partial charge in [-0.2, -0.15) is 0 Å². The van der Waals surface area contributed by atoms with Crippen molar-refractivity contribution in [1.29, 1.82) is 0 Å². The van der Waals surface area contributed by atoms with Crippen LogP contribution in [0.5, 0.6) is 17.2 Å². The fraction of sp³-hybridized carbons (Fsp3) is 0. The average molecular weight is 167 g/mol. The van der Waals surface area contributed by atoms with Crippen LogP contribution in [0.2, 0.25) is 0 Å². The van der Waals surface area contributed by atoms with Crippen molar-refractivity contribution in [3.05, 3.63) is 23.9 Å². The summed E-state index contributed by atoms with van der Waals surface area (Å²) in [6.07, 6.45) is 2.64. The molecule has 0 aliphatic carbocycles. The van der Waals surface area contributed by atoms with E-state index < -0.39 is 0 Å². The number of aromatic hydroxyl groups is 3. The molecule has 1 aromatic carbocycles. The van der Waals surface area contributed by atoms with Gasteiger partial charge in [0.1, 0.15) is 5.75 Å². The standard InChI is InChI=1S/C8H9NO3/c9-2-1-5-3-7(11)8(12)4-6(5)10/h1-4,10-12H,9H2. The van der Waals surface area contributed by atoms with E-state index in [1.807, 2.05) is 0 Å². The van der Waals surface area contributed by atoms with E-state index in [2.05, 4.69) is 0 Å². The summed E-state index contributed by atoms with van der Waals surface area (Å²) in [7, 11) is 0. The number of hydrogen-bond acceptors (Lipinski definition) is 4. The van der Waals surface area contributed by atoms with E-state index in [9.17, 15) is 0 Å². The van der Waals surface area contributed by atoms with Gasteiger partial charge in [0, 0.05) is 11.6 Å². The number of rotatable bonds is 1. The van der Waals surface area contributed by atoms with Gasteiger partial charge in [0.2, 0.25) is 0 Å². The highest BCUT2D eigenvalue weighted by atomic mass is 16.3. The quantitative estimate of drug-likeness (QED) is 0.367. The minimum atomic E-state index is -0.360. The summed E-state index contributed by atoms with van der Waals surface area (Å²) in [5.74, 6) is -0.783. The molecule has 0 saturated heterocycles. The first-order valence-electron chi connectivity index (χ1n) is 3.28. The maximum absolute atomic E-state index is 9.17. The van der Waals surface area contributed by atoms with Crippen molar-refractivity contribution in [2.24, 2.45) is 5.73 Å². The fourth-order valence-electron chi connectivity index (χ4n) is 0.819. The molecule has 0 amide bonds. The van der Waals surface area contributed by atoms with Crippen molar-refractivity contribution < 1.29 is 15.3 Å². The number of phenols is 3. The second-order valence-corrected chi connectivity index (χ2v) is 2.26. The maximum atomic E-state index is 9.17. The molecule has 0 aliphatic heterocycles. The maximum Gasteiger partial charge on any atom is 0.161 e. The highest BCUT2D eigenvalue weighted by Crippen LogP contribution is 2.32. The van der Waals surface area contributed by atoms with Crippen LogP contribution < -0.4 is 5.73 Å². The van der Waals surface area contributed by atoms with Crippen molar-refractivity contribution in [1.82, 2.24) is 0 Å². The third kappa shape index (κ3) is 1.42. The molecule has 64 valence electrons. The average Bonchev–Trinajstić information content (AvgIpc) is 2.01. The van der Waals surface area contributed by atoms with Crippen molar-refractivity contribution in [2.45, 2.75) is 0 Å². The number of phenolic OH excluding ortho intramolecular Hbond substituents is 3. The van der Waals surface area contributed by atoms with Gasteiger partial charge in [-0.25, -0.2) is 0 Å². The summed E-state index contributed by atoms with van der Waals surface area (Å²) < 4.78 is 0. The van der Waals surface area contributed by atoms with E-state index in [1.54, 1.807) is 0 Å². The minimum absolute atomic E-state index is 0.132. The van der Waals surface area contributed by atoms with Crippen molar-refractivity contribution >= 4 is 6.08 Å². The SMILES string of the molecule is NC=Cc1cc(O)c(O)cc1O. The van der Waals surface area contributed by atoms with Crippen molar-refractivity contribution in [3.8, 4) is 17.2 Å². The normalized spacial score (nSPS) is 10.7. The van der Waals surface area contributed by atoms with E-state index in [1.165, 1.54) is 18.3 Å². The Balaban J connectivity index is 3.23. The van der Waals surface area contributed by atoms with Crippen LogP contribution in [0.1, 0.15) is 5.56 Å². The van der Waals surface area contributed by atoms with Crippen LogP contribution in [0.25, 0.3) is 6.08 Å². The number of hydrogen-bond donors (Lipinski definition) is 4. The second-order valence-electron chi connectivity index (χ2n) is 2.26. The molecule has 0 bridgehead atoms. The zero-order valence-electron chi connectivity index (χ0n) is 6.23. The monoisotopic (exact) mass is 167 g/mol. The first kappa shape index (κ1) is 8.26. The Morgan fingerprint density at radius 2 is 1.58 bits per heavy atom. The highest BCUT2D eigenvalue weighted by molar-refractivity contribution is 5.61. The molecule has 0 radical (unpaired) electrons. The number of benzene rings is 1. The van der Waals surface area contributed by atoms with Gasteiger partial charge in [-0.1, -0.05) is 0 Å². The van der Waals surface area contributed by atoms with Gasteiger partial charge >= 0.3 is 0 Å². The topological polar surface area (TPSA) is 86.7 Å². The lowest BCUT2D eigenvalue weighted by molar-refractivity contribution is 0.396. The largest absolute Gasteiger partial charge is 0.507 e. The molecule has 0 fully saturated rings. The molecule has 0 heterocycles. The van der Waals surface area contributed by atoms with Crippen LogP contribution in [0.15, 0.2) is 18.3 Å². The van der Waals surface area contributed by atoms with Crippen LogP contribution in [0, 0.1) is 0 Å². The first-order valence-corrected chi connectivity index (χ1v) is 3.28. The Labute approximate surface area is 69.2 Å². The molecule has 0 aromatic heterocycles. The Hall–Kier alpha value is -1.84. The lowest BCUT2D eigenvalue weighted by Crippen LogP contribution is -1.79. The molecule has 12 heavy (non-hydrogen) atoms. The van der Waals surface area contributed by atoms with Crippen LogP contribution in [0.4, 0.5) is 0 Å². The van der Waals surface area contributed by atoms with E-state index in [4.69, 9.17) is 21.1 Å². The first-order chi connectivity index (χ1) is 5.65. The highest BCUT2D eigenvalue weighted by Gasteiger charge is 2.04. The van der Waals surface area contributed by atoms with Gasteiger partial charge in [0.25, 0.3) is 0 Å². The molecule has 0 saturated carbocycles. The summed E-state index contributed by atoms with van der Waals surface area (Å²) in [5.41, 5.74) is 5.44. The molecule has 5 N–H and O–H groups in total. The Kier molecular flexibility index (Phi) is 2.09. The predicted molar refractivity (Wildman–Crippen MR) is 44.7 cm³/mol. The van der Waals surface area contributed by atoms with Gasteiger partial charge in [0.15, 0.2) is 11.5 Å². The van der Waals surface area contributed by atoms with E-state index in [-0.39, 0.29) is 17.2 Å². The molecule has 0 atom stereocenters. The molecule has 1 rings (SSSR count). The molecule has 1 aromatic rings. The van der Waals surface area contributed by atoms with Crippen LogP contribution >= 0.6 is 0 Å². The molecule has 0 spiro atoms. The third-order valence-corrected chi connectivity index (χ3v) is 1.40. The zero-order chi connectivity index (χ0) is 9.14. The summed E-state index contributed by atoms with van der Waals surface area (Å²) in [5, 5.41) is 27.1. The van der Waals surface area contributed by atoms with Gasteiger partial charge in [-0.3, -0.25) is 0 Å². The van der Waals surface area contributed by atoms with Gasteiger partial charge < -0.3 is 21.1 Å². The zero-order valence-corrected chi connectivity index (χ0v) is 6.23. The van der Waals surface area contributed by atoms with Crippen molar-refractivity contribution in [3.63, 3.8) is 0 Å². The van der Waals surface area contributed by atoms with Crippen LogP contribution in [-0.4, -0.2) is 15.3 Å². The lowest BCUT2D eigenvalue weighted by atomic mass is 10.2. The minimum Gasteiger partial charge on any atom is -0.507 e. The van der Waals surface area contributed by atoms with Gasteiger partial charge in [-0.15, -0.1) is 0 Å². The fourth-order valence-corrected chi connectivity index (χ4v) is 0.819. The Morgan fingerprint density at radius 3 is 2.17 bits per heavy atom. The van der Waals surface area contributed by atoms with Crippen molar-refractivity contribution in [2.75, 3.05) is 0 Å². The summed E-state index contributed by atoms with van der Waals surface area (Å²) in [6.45, 7) is 0. The smallest absolute Gasteiger partial charge is 0.161 e. The van der Waals surface area contributed by atoms with Gasteiger partial charge in [0.05, 0.1) is 0 Å². The van der Waals surface area contributed by atoms with E-state index >= 15 is 0 Å². The van der Waals surface area contributed by atoms with E-state index in [0.29, 0.717) is 5.56 Å². The van der Waals surface area contributed by atoms with Crippen LogP contribution in [-0.2, 0) is 0 Å². The summed E-state index contributed by atoms with van der Waals surface area (Å²) in [6, 6.07) is 2.26. The molecular formula is C8H9NO3. The molecule has 0 unspecified atom stereocenters. The number of nitrogens with two attached hydrogens (primary N) is 1. The molecule has 4 nitrogen and oxygen atoms in total. The molecular weight excluding hydrogens is 158 g/mol. The molecule has 4 heteroatoms. The summed E-state index contributed by atoms with van der Waals surface area (Å²) >= 11 is 0. The lowest BCUT2D eigenvalue weighted by Gasteiger charge is -2.01.